The topological polar surface area (TPSA) is 59.2 Å². The molecule has 1 aromatic carbocycles. The SMILES string of the molecule is COc1cc(=O)c2cccc(C)c2[nH]c1=O. The second-order valence-electron chi connectivity index (χ2n) is 3.53. The van der Waals surface area contributed by atoms with Crippen molar-refractivity contribution >= 4 is 10.9 Å². The van der Waals surface area contributed by atoms with Crippen molar-refractivity contribution in [3.05, 3.63) is 50.4 Å². The van der Waals surface area contributed by atoms with Gasteiger partial charge >= 0.3 is 0 Å². The summed E-state index contributed by atoms with van der Waals surface area (Å²) >= 11 is 0. The smallest absolute Gasteiger partial charge is 0.290 e. The molecule has 2 rings (SSSR count). The first-order valence-electron chi connectivity index (χ1n) is 4.84. The minimum Gasteiger partial charge on any atom is -0.491 e. The quantitative estimate of drug-likeness (QED) is 0.781. The largest absolute Gasteiger partial charge is 0.491 e. The number of benzene rings is 1. The van der Waals surface area contributed by atoms with E-state index in [1.807, 2.05) is 13.0 Å². The van der Waals surface area contributed by atoms with Crippen LogP contribution in [0.1, 0.15) is 5.56 Å². The lowest BCUT2D eigenvalue weighted by atomic mass is 10.1. The van der Waals surface area contributed by atoms with E-state index in [1.54, 1.807) is 12.1 Å². The summed E-state index contributed by atoms with van der Waals surface area (Å²) < 4.78 is 4.85. The maximum absolute atomic E-state index is 11.8. The molecule has 0 saturated heterocycles. The highest BCUT2D eigenvalue weighted by molar-refractivity contribution is 5.80. The molecule has 0 aliphatic heterocycles. The van der Waals surface area contributed by atoms with Crippen molar-refractivity contribution in [3.63, 3.8) is 0 Å². The average molecular weight is 217 g/mol. The summed E-state index contributed by atoms with van der Waals surface area (Å²) in [6.07, 6.45) is 0. The van der Waals surface area contributed by atoms with Crippen molar-refractivity contribution in [1.82, 2.24) is 4.98 Å². The van der Waals surface area contributed by atoms with Crippen LogP contribution in [-0.4, -0.2) is 12.1 Å². The number of H-pyrrole nitrogens is 1. The van der Waals surface area contributed by atoms with Crippen LogP contribution in [0.15, 0.2) is 33.9 Å². The molecule has 1 heterocycles. The lowest BCUT2D eigenvalue weighted by Crippen LogP contribution is -2.06. The molecule has 1 aromatic heterocycles. The van der Waals surface area contributed by atoms with Gasteiger partial charge in [-0.15, -0.1) is 0 Å². The first-order chi connectivity index (χ1) is 7.63. The summed E-state index contributed by atoms with van der Waals surface area (Å²) in [4.78, 5) is 26.1. The van der Waals surface area contributed by atoms with E-state index < -0.39 is 5.56 Å². The second-order valence-corrected chi connectivity index (χ2v) is 3.53. The van der Waals surface area contributed by atoms with Crippen molar-refractivity contribution in [2.45, 2.75) is 6.92 Å². The summed E-state index contributed by atoms with van der Waals surface area (Å²) in [6.45, 7) is 1.84. The summed E-state index contributed by atoms with van der Waals surface area (Å²) in [5.41, 5.74) is 0.781. The van der Waals surface area contributed by atoms with Crippen molar-refractivity contribution < 1.29 is 4.74 Å². The monoisotopic (exact) mass is 217 g/mol. The fraction of sp³-hybridized carbons (Fsp3) is 0.167. The van der Waals surface area contributed by atoms with Crippen LogP contribution < -0.4 is 15.7 Å². The number of aromatic amines is 1. The molecular formula is C12H11NO3. The molecular weight excluding hydrogens is 206 g/mol. The molecule has 16 heavy (non-hydrogen) atoms. The molecule has 0 radical (unpaired) electrons. The van der Waals surface area contributed by atoms with E-state index in [-0.39, 0.29) is 11.2 Å². The molecule has 4 nitrogen and oxygen atoms in total. The third kappa shape index (κ3) is 1.58. The Kier molecular flexibility index (Phi) is 2.48. The zero-order valence-corrected chi connectivity index (χ0v) is 9.03. The highest BCUT2D eigenvalue weighted by Crippen LogP contribution is 2.11. The van der Waals surface area contributed by atoms with Gasteiger partial charge in [0.2, 0.25) is 0 Å². The van der Waals surface area contributed by atoms with E-state index in [9.17, 15) is 9.59 Å². The van der Waals surface area contributed by atoms with Gasteiger partial charge in [0.05, 0.1) is 12.6 Å². The lowest BCUT2D eigenvalue weighted by molar-refractivity contribution is 0.409. The molecule has 0 atom stereocenters. The van der Waals surface area contributed by atoms with Crippen LogP contribution in [0.3, 0.4) is 0 Å². The molecule has 0 spiro atoms. The van der Waals surface area contributed by atoms with Crippen molar-refractivity contribution in [1.29, 1.82) is 0 Å². The van der Waals surface area contributed by atoms with Crippen molar-refractivity contribution in [2.24, 2.45) is 0 Å². The highest BCUT2D eigenvalue weighted by atomic mass is 16.5. The van der Waals surface area contributed by atoms with Gasteiger partial charge in [-0.25, -0.2) is 0 Å². The first kappa shape index (κ1) is 10.4. The number of aromatic nitrogens is 1. The average Bonchev–Trinajstić information content (AvgIpc) is 2.39. The van der Waals surface area contributed by atoms with Crippen LogP contribution in [0.4, 0.5) is 0 Å². The molecule has 0 bridgehead atoms. The third-order valence-electron chi connectivity index (χ3n) is 2.48. The molecule has 82 valence electrons. The van der Waals surface area contributed by atoms with E-state index in [2.05, 4.69) is 4.98 Å². The highest BCUT2D eigenvalue weighted by Gasteiger charge is 2.04. The normalized spacial score (nSPS) is 10.4. The van der Waals surface area contributed by atoms with Gasteiger partial charge in [-0.3, -0.25) is 9.59 Å². The standard InChI is InChI=1S/C12H11NO3/c1-7-4-3-5-8-9(14)6-10(16-2)12(15)13-11(7)8/h3-6H,1-2H3,(H,13,15). The van der Waals surface area contributed by atoms with Gasteiger partial charge in [0, 0.05) is 11.5 Å². The Morgan fingerprint density at radius 2 is 2.00 bits per heavy atom. The Balaban J connectivity index is 3.08. The number of rotatable bonds is 1. The number of hydrogen-bond acceptors (Lipinski definition) is 3. The van der Waals surface area contributed by atoms with E-state index in [0.717, 1.165) is 5.56 Å². The second kappa shape index (κ2) is 3.81. The van der Waals surface area contributed by atoms with Crippen LogP contribution in [0, 0.1) is 6.92 Å². The molecule has 1 N–H and O–H groups in total. The van der Waals surface area contributed by atoms with E-state index in [4.69, 9.17) is 4.74 Å². The number of nitrogens with one attached hydrogen (secondary N) is 1. The number of ether oxygens (including phenoxy) is 1. The van der Waals surface area contributed by atoms with Gasteiger partial charge in [0.15, 0.2) is 11.2 Å². The van der Waals surface area contributed by atoms with Crippen LogP contribution >= 0.6 is 0 Å². The third-order valence-corrected chi connectivity index (χ3v) is 2.48. The molecule has 2 aromatic rings. The Morgan fingerprint density at radius 3 is 2.69 bits per heavy atom. The number of methoxy groups -OCH3 is 1. The molecule has 0 amide bonds. The summed E-state index contributed by atoms with van der Waals surface area (Å²) in [5, 5.41) is 0.486. The predicted molar refractivity (Wildman–Crippen MR) is 62.1 cm³/mol. The van der Waals surface area contributed by atoms with Crippen LogP contribution in [-0.2, 0) is 0 Å². The predicted octanol–water partition coefficient (Wildman–Crippen LogP) is 1.21. The first-order valence-corrected chi connectivity index (χ1v) is 4.84. The van der Waals surface area contributed by atoms with Crippen LogP contribution in [0.25, 0.3) is 10.9 Å². The summed E-state index contributed by atoms with van der Waals surface area (Å²) in [6, 6.07) is 6.51. The zero-order chi connectivity index (χ0) is 11.7. The Morgan fingerprint density at radius 1 is 1.25 bits per heavy atom. The number of hydrogen-bond donors (Lipinski definition) is 1. The van der Waals surface area contributed by atoms with Crippen LogP contribution in [0.5, 0.6) is 5.75 Å². The fourth-order valence-corrected chi connectivity index (χ4v) is 1.63. The lowest BCUT2D eigenvalue weighted by Gasteiger charge is -1.95. The molecule has 0 unspecified atom stereocenters. The maximum atomic E-state index is 11.8. The van der Waals surface area contributed by atoms with E-state index >= 15 is 0 Å². The molecule has 4 heteroatoms. The van der Waals surface area contributed by atoms with Gasteiger partial charge in [-0.1, -0.05) is 12.1 Å². The Labute approximate surface area is 91.5 Å². The zero-order valence-electron chi connectivity index (χ0n) is 9.03. The Bertz CT molecular complexity index is 658. The van der Waals surface area contributed by atoms with Gasteiger partial charge < -0.3 is 9.72 Å². The number of aryl methyl sites for hydroxylation is 1. The fourth-order valence-electron chi connectivity index (χ4n) is 1.63. The maximum Gasteiger partial charge on any atom is 0.290 e. The van der Waals surface area contributed by atoms with Gasteiger partial charge in [-0.2, -0.15) is 0 Å². The van der Waals surface area contributed by atoms with Gasteiger partial charge in [-0.05, 0) is 18.6 Å². The van der Waals surface area contributed by atoms with E-state index in [0.29, 0.717) is 10.9 Å². The number of para-hydroxylation sites is 1. The summed E-state index contributed by atoms with van der Waals surface area (Å²) in [7, 11) is 1.36. The van der Waals surface area contributed by atoms with Gasteiger partial charge in [0.1, 0.15) is 0 Å². The summed E-state index contributed by atoms with van der Waals surface area (Å²) in [5.74, 6) is 0.0283. The van der Waals surface area contributed by atoms with Crippen molar-refractivity contribution in [3.8, 4) is 5.75 Å². The molecule has 0 saturated carbocycles. The van der Waals surface area contributed by atoms with E-state index in [1.165, 1.54) is 13.2 Å². The Hall–Kier alpha value is -2.10. The van der Waals surface area contributed by atoms with Gasteiger partial charge in [0.25, 0.3) is 5.56 Å². The van der Waals surface area contributed by atoms with Crippen molar-refractivity contribution in [2.75, 3.05) is 7.11 Å². The number of fused-ring (bicyclic) bond motifs is 1. The minimum absolute atomic E-state index is 0.0283. The minimum atomic E-state index is -0.399. The van der Waals surface area contributed by atoms with Crippen LogP contribution in [0.2, 0.25) is 0 Å². The molecule has 0 aliphatic rings. The molecule has 0 fully saturated rings. The molecule has 0 aliphatic carbocycles.